The van der Waals surface area contributed by atoms with Crippen LogP contribution in [0.15, 0.2) is 59.2 Å². The summed E-state index contributed by atoms with van der Waals surface area (Å²) in [7, 11) is 1.59. The van der Waals surface area contributed by atoms with E-state index < -0.39 is 5.91 Å². The summed E-state index contributed by atoms with van der Waals surface area (Å²) in [4.78, 5) is 24.7. The first-order chi connectivity index (χ1) is 13.5. The third-order valence-electron chi connectivity index (χ3n) is 4.09. The minimum Gasteiger partial charge on any atom is -0.496 e. The van der Waals surface area contributed by atoms with Crippen molar-refractivity contribution in [3.05, 3.63) is 76.7 Å². The molecule has 2 N–H and O–H groups in total. The molecule has 3 aromatic rings. The van der Waals surface area contributed by atoms with Gasteiger partial charge in [0.2, 0.25) is 5.91 Å². The monoisotopic (exact) mass is 398 g/mol. The van der Waals surface area contributed by atoms with Crippen molar-refractivity contribution in [2.45, 2.75) is 13.3 Å². The highest BCUT2D eigenvalue weighted by Gasteiger charge is 2.14. The van der Waals surface area contributed by atoms with Crippen LogP contribution >= 0.6 is 11.6 Å². The summed E-state index contributed by atoms with van der Waals surface area (Å²) in [5.41, 5.74) is 2.62. The van der Waals surface area contributed by atoms with Crippen LogP contribution in [0.25, 0.3) is 0 Å². The number of halogens is 1. The molecule has 2 amide bonds. The maximum atomic E-state index is 12.5. The van der Waals surface area contributed by atoms with E-state index in [1.807, 2.05) is 25.1 Å². The number of hydrogen-bond donors (Lipinski definition) is 2. The number of nitrogens with one attached hydrogen (secondary N) is 2. The summed E-state index contributed by atoms with van der Waals surface area (Å²) in [5, 5.41) is 5.93. The van der Waals surface area contributed by atoms with Gasteiger partial charge in [0.05, 0.1) is 31.2 Å². The van der Waals surface area contributed by atoms with Gasteiger partial charge in [-0.2, -0.15) is 0 Å². The molecule has 2 aromatic carbocycles. The number of ether oxygens (including phenoxy) is 1. The summed E-state index contributed by atoms with van der Waals surface area (Å²) in [6, 6.07) is 13.6. The molecule has 7 heteroatoms. The van der Waals surface area contributed by atoms with E-state index in [-0.39, 0.29) is 18.1 Å². The van der Waals surface area contributed by atoms with Gasteiger partial charge in [0.15, 0.2) is 5.76 Å². The molecule has 144 valence electrons. The van der Waals surface area contributed by atoms with E-state index in [0.29, 0.717) is 16.4 Å². The lowest BCUT2D eigenvalue weighted by Crippen LogP contribution is -2.18. The second-order valence-electron chi connectivity index (χ2n) is 6.15. The van der Waals surface area contributed by atoms with Gasteiger partial charge in [0, 0.05) is 5.02 Å². The van der Waals surface area contributed by atoms with Crippen molar-refractivity contribution in [1.29, 1.82) is 0 Å². The number of furan rings is 1. The Labute approximate surface area is 167 Å². The standard InChI is InChI=1S/C21H19ClN2O4/c1-13-5-6-14(10-19(13)27-2)11-20(25)23-16-8-7-15(22)12-17(16)24-21(26)18-4-3-9-28-18/h3-10,12H,11H2,1-2H3,(H,23,25)(H,24,26). The average Bonchev–Trinajstić information content (AvgIpc) is 3.20. The molecule has 0 atom stereocenters. The lowest BCUT2D eigenvalue weighted by atomic mass is 10.1. The summed E-state index contributed by atoms with van der Waals surface area (Å²) in [6.45, 7) is 1.93. The minimum atomic E-state index is -0.439. The van der Waals surface area contributed by atoms with E-state index >= 15 is 0 Å². The maximum absolute atomic E-state index is 12.5. The van der Waals surface area contributed by atoms with Crippen molar-refractivity contribution in [1.82, 2.24) is 0 Å². The van der Waals surface area contributed by atoms with Gasteiger partial charge in [-0.1, -0.05) is 23.7 Å². The Morgan fingerprint density at radius 1 is 1.07 bits per heavy atom. The molecule has 0 spiro atoms. The molecule has 0 unspecified atom stereocenters. The Bertz CT molecular complexity index is 1000. The number of carbonyl (C=O) groups excluding carboxylic acids is 2. The first-order valence-electron chi connectivity index (χ1n) is 8.54. The molecule has 0 saturated heterocycles. The van der Waals surface area contributed by atoms with E-state index in [1.54, 1.807) is 37.4 Å². The molecule has 28 heavy (non-hydrogen) atoms. The van der Waals surface area contributed by atoms with Gasteiger partial charge < -0.3 is 19.8 Å². The van der Waals surface area contributed by atoms with Gasteiger partial charge in [0.1, 0.15) is 5.75 Å². The lowest BCUT2D eigenvalue weighted by Gasteiger charge is -2.13. The fourth-order valence-corrected chi connectivity index (χ4v) is 2.85. The Hall–Kier alpha value is -3.25. The van der Waals surface area contributed by atoms with Crippen LogP contribution in [-0.4, -0.2) is 18.9 Å². The molecule has 1 heterocycles. The summed E-state index contributed by atoms with van der Waals surface area (Å²) in [5.74, 6) is 0.208. The zero-order valence-corrected chi connectivity index (χ0v) is 16.2. The third-order valence-corrected chi connectivity index (χ3v) is 4.32. The zero-order valence-electron chi connectivity index (χ0n) is 15.4. The topological polar surface area (TPSA) is 80.6 Å². The largest absolute Gasteiger partial charge is 0.496 e. The smallest absolute Gasteiger partial charge is 0.291 e. The second-order valence-corrected chi connectivity index (χ2v) is 6.59. The number of anilines is 2. The quantitative estimate of drug-likeness (QED) is 0.631. The van der Waals surface area contributed by atoms with Crippen molar-refractivity contribution in [3.8, 4) is 5.75 Å². The predicted octanol–water partition coefficient (Wildman–Crippen LogP) is 4.68. The van der Waals surface area contributed by atoms with Crippen LogP contribution in [0.5, 0.6) is 5.75 Å². The first kappa shape index (κ1) is 19.5. The van der Waals surface area contributed by atoms with E-state index in [4.69, 9.17) is 20.8 Å². The maximum Gasteiger partial charge on any atom is 0.291 e. The van der Waals surface area contributed by atoms with E-state index in [0.717, 1.165) is 16.9 Å². The third kappa shape index (κ3) is 4.72. The van der Waals surface area contributed by atoms with E-state index in [2.05, 4.69) is 10.6 Å². The highest BCUT2D eigenvalue weighted by atomic mass is 35.5. The van der Waals surface area contributed by atoms with E-state index in [9.17, 15) is 9.59 Å². The Balaban J connectivity index is 1.74. The van der Waals surface area contributed by atoms with E-state index in [1.165, 1.54) is 6.26 Å². The molecule has 0 bridgehead atoms. The number of hydrogen-bond acceptors (Lipinski definition) is 4. The van der Waals surface area contributed by atoms with Crippen molar-refractivity contribution in [2.75, 3.05) is 17.7 Å². The average molecular weight is 399 g/mol. The van der Waals surface area contributed by atoms with Crippen molar-refractivity contribution < 1.29 is 18.7 Å². The summed E-state index contributed by atoms with van der Waals surface area (Å²) < 4.78 is 10.4. The van der Waals surface area contributed by atoms with Crippen molar-refractivity contribution >= 4 is 34.8 Å². The van der Waals surface area contributed by atoms with Gasteiger partial charge in [-0.25, -0.2) is 0 Å². The second kappa shape index (κ2) is 8.63. The molecule has 0 radical (unpaired) electrons. The Kier molecular flexibility index (Phi) is 6.01. The predicted molar refractivity (Wildman–Crippen MR) is 108 cm³/mol. The molecule has 0 aliphatic heterocycles. The number of aryl methyl sites for hydroxylation is 1. The molecule has 6 nitrogen and oxygen atoms in total. The van der Waals surface area contributed by atoms with Gasteiger partial charge in [0.25, 0.3) is 5.91 Å². The summed E-state index contributed by atoms with van der Waals surface area (Å²) >= 11 is 6.04. The normalized spacial score (nSPS) is 10.4. The molecular weight excluding hydrogens is 380 g/mol. The van der Waals surface area contributed by atoms with Crippen LogP contribution < -0.4 is 15.4 Å². The summed E-state index contributed by atoms with van der Waals surface area (Å²) in [6.07, 6.45) is 1.57. The van der Waals surface area contributed by atoms with Crippen LogP contribution in [0.1, 0.15) is 21.7 Å². The van der Waals surface area contributed by atoms with Crippen molar-refractivity contribution in [2.24, 2.45) is 0 Å². The SMILES string of the molecule is COc1cc(CC(=O)Nc2ccc(Cl)cc2NC(=O)c2ccco2)ccc1C. The number of methoxy groups -OCH3 is 1. The molecule has 0 aliphatic rings. The van der Waals surface area contributed by atoms with Gasteiger partial charge >= 0.3 is 0 Å². The molecule has 0 saturated carbocycles. The van der Waals surface area contributed by atoms with Crippen LogP contribution in [0.4, 0.5) is 11.4 Å². The number of amides is 2. The fourth-order valence-electron chi connectivity index (χ4n) is 2.67. The molecule has 0 fully saturated rings. The molecular formula is C21H19ClN2O4. The Morgan fingerprint density at radius 3 is 2.61 bits per heavy atom. The van der Waals surface area contributed by atoms with Gasteiger partial charge in [-0.3, -0.25) is 9.59 Å². The lowest BCUT2D eigenvalue weighted by molar-refractivity contribution is -0.115. The first-order valence-corrected chi connectivity index (χ1v) is 8.92. The molecule has 1 aromatic heterocycles. The number of benzene rings is 2. The van der Waals surface area contributed by atoms with Crippen molar-refractivity contribution in [3.63, 3.8) is 0 Å². The van der Waals surface area contributed by atoms with Gasteiger partial charge in [-0.15, -0.1) is 0 Å². The Morgan fingerprint density at radius 2 is 1.89 bits per heavy atom. The fraction of sp³-hybridized carbons (Fsp3) is 0.143. The van der Waals surface area contributed by atoms with Gasteiger partial charge in [-0.05, 0) is 54.4 Å². The highest BCUT2D eigenvalue weighted by Crippen LogP contribution is 2.27. The molecule has 3 rings (SSSR count). The highest BCUT2D eigenvalue weighted by molar-refractivity contribution is 6.31. The van der Waals surface area contributed by atoms with Crippen LogP contribution in [-0.2, 0) is 11.2 Å². The molecule has 0 aliphatic carbocycles. The minimum absolute atomic E-state index is 0.156. The van der Waals surface area contributed by atoms with Crippen LogP contribution in [0.3, 0.4) is 0 Å². The zero-order chi connectivity index (χ0) is 20.1. The number of carbonyl (C=O) groups is 2. The van der Waals surface area contributed by atoms with Crippen LogP contribution in [0, 0.1) is 6.92 Å². The number of rotatable bonds is 6. The van der Waals surface area contributed by atoms with Crippen LogP contribution in [0.2, 0.25) is 5.02 Å².